The first-order valence-electron chi connectivity index (χ1n) is 12.6. The first kappa shape index (κ1) is 30.2. The summed E-state index contributed by atoms with van der Waals surface area (Å²) in [5.74, 6) is -0.668. The van der Waals surface area contributed by atoms with Gasteiger partial charge in [0.25, 0.3) is 5.91 Å². The Morgan fingerprint density at radius 1 is 1.00 bits per heavy atom. The summed E-state index contributed by atoms with van der Waals surface area (Å²) in [7, 11) is 0. The maximum absolute atomic E-state index is 13.9. The number of benzene rings is 2. The second-order valence-electron chi connectivity index (χ2n) is 10.5. The molecular weight excluding hydrogens is 486 g/mol. The molecule has 0 spiro atoms. The van der Waals surface area contributed by atoms with Crippen molar-refractivity contribution in [3.63, 3.8) is 0 Å². The van der Waals surface area contributed by atoms with E-state index in [2.05, 4.69) is 23.3 Å². The fraction of sp³-hybridized carbons (Fsp3) is 0.483. The van der Waals surface area contributed by atoms with E-state index in [0.29, 0.717) is 18.5 Å². The molecule has 7 nitrogen and oxygen atoms in total. The fourth-order valence-corrected chi connectivity index (χ4v) is 4.53. The number of carbonyl (C=O) groups is 3. The van der Waals surface area contributed by atoms with E-state index in [-0.39, 0.29) is 11.7 Å². The van der Waals surface area contributed by atoms with Gasteiger partial charge in [0.15, 0.2) is 0 Å². The van der Waals surface area contributed by atoms with Gasteiger partial charge in [0, 0.05) is 18.0 Å². The van der Waals surface area contributed by atoms with Crippen LogP contribution in [0.4, 0.5) is 10.5 Å². The maximum Gasteiger partial charge on any atom is 0.408 e. The number of hydrogen-bond donors (Lipinski definition) is 3. The Labute approximate surface area is 226 Å². The summed E-state index contributed by atoms with van der Waals surface area (Å²) in [6, 6.07) is 9.81. The molecule has 202 valence electrons. The minimum absolute atomic E-state index is 0.0520. The van der Waals surface area contributed by atoms with Gasteiger partial charge in [-0.05, 0) is 71.6 Å². The van der Waals surface area contributed by atoms with E-state index in [9.17, 15) is 14.4 Å². The molecular formula is C29H41N3O4S. The molecule has 0 radical (unpaired) electrons. The van der Waals surface area contributed by atoms with Crippen LogP contribution < -0.4 is 10.6 Å². The van der Waals surface area contributed by atoms with Gasteiger partial charge >= 0.3 is 6.09 Å². The highest BCUT2D eigenvalue weighted by atomic mass is 32.1. The van der Waals surface area contributed by atoms with Crippen molar-refractivity contribution in [1.29, 1.82) is 0 Å². The Morgan fingerprint density at radius 2 is 1.57 bits per heavy atom. The summed E-state index contributed by atoms with van der Waals surface area (Å²) in [6.45, 7) is 15.3. The van der Waals surface area contributed by atoms with Crippen molar-refractivity contribution in [2.75, 3.05) is 17.6 Å². The predicted molar refractivity (Wildman–Crippen MR) is 152 cm³/mol. The van der Waals surface area contributed by atoms with Crippen molar-refractivity contribution in [3.05, 3.63) is 64.2 Å². The van der Waals surface area contributed by atoms with E-state index >= 15 is 0 Å². The SMILES string of the molecule is CCCN(C(=O)C(CS)NC(=O)OC(C)(C)C)C(C(=O)Nc1c(C)cccc1C)c1cc(C)cc(C)c1. The number of amides is 3. The summed E-state index contributed by atoms with van der Waals surface area (Å²) < 4.78 is 5.36. The zero-order valence-corrected chi connectivity index (χ0v) is 24.2. The van der Waals surface area contributed by atoms with Crippen molar-refractivity contribution in [2.45, 2.75) is 79.5 Å². The van der Waals surface area contributed by atoms with Gasteiger partial charge in [-0.15, -0.1) is 0 Å². The average molecular weight is 528 g/mol. The molecule has 2 unspecified atom stereocenters. The Morgan fingerprint density at radius 3 is 2.05 bits per heavy atom. The molecule has 8 heteroatoms. The van der Waals surface area contributed by atoms with Crippen LogP contribution in [0.3, 0.4) is 0 Å². The largest absolute Gasteiger partial charge is 0.444 e. The number of hydrogen-bond acceptors (Lipinski definition) is 5. The first-order valence-corrected chi connectivity index (χ1v) is 13.3. The van der Waals surface area contributed by atoms with E-state index in [1.807, 2.05) is 71.0 Å². The second kappa shape index (κ2) is 13.0. The average Bonchev–Trinajstić information content (AvgIpc) is 2.77. The number of nitrogens with zero attached hydrogens (tertiary/aromatic N) is 1. The van der Waals surface area contributed by atoms with Crippen molar-refractivity contribution in [1.82, 2.24) is 10.2 Å². The van der Waals surface area contributed by atoms with E-state index < -0.39 is 29.7 Å². The number of rotatable bonds is 9. The molecule has 37 heavy (non-hydrogen) atoms. The topological polar surface area (TPSA) is 87.7 Å². The summed E-state index contributed by atoms with van der Waals surface area (Å²) in [4.78, 5) is 41.8. The van der Waals surface area contributed by atoms with Crippen LogP contribution in [0.15, 0.2) is 36.4 Å². The van der Waals surface area contributed by atoms with E-state index in [4.69, 9.17) is 4.74 Å². The molecule has 0 aromatic heterocycles. The lowest BCUT2D eigenvalue weighted by Gasteiger charge is -2.34. The van der Waals surface area contributed by atoms with Gasteiger partial charge in [0.1, 0.15) is 17.7 Å². The van der Waals surface area contributed by atoms with Gasteiger partial charge in [-0.25, -0.2) is 4.79 Å². The number of aryl methyl sites for hydroxylation is 4. The molecule has 0 aliphatic heterocycles. The Kier molecular flexibility index (Phi) is 10.6. The molecule has 2 aromatic rings. The summed E-state index contributed by atoms with van der Waals surface area (Å²) >= 11 is 4.33. The van der Waals surface area contributed by atoms with Crippen LogP contribution in [0.5, 0.6) is 0 Å². The number of para-hydroxylation sites is 1. The summed E-state index contributed by atoms with van der Waals surface area (Å²) in [5.41, 5.74) is 4.55. The van der Waals surface area contributed by atoms with Gasteiger partial charge in [0.2, 0.25) is 5.91 Å². The normalized spacial score (nSPS) is 12.9. The van der Waals surface area contributed by atoms with Gasteiger partial charge in [0.05, 0.1) is 0 Å². The quantitative estimate of drug-likeness (QED) is 0.367. The lowest BCUT2D eigenvalue weighted by molar-refractivity contribution is -0.140. The maximum atomic E-state index is 13.9. The predicted octanol–water partition coefficient (Wildman–Crippen LogP) is 5.66. The van der Waals surface area contributed by atoms with E-state index in [1.54, 1.807) is 20.8 Å². The molecule has 0 saturated heterocycles. The molecule has 3 amide bonds. The lowest BCUT2D eigenvalue weighted by atomic mass is 9.98. The van der Waals surface area contributed by atoms with Crippen LogP contribution in [-0.2, 0) is 14.3 Å². The number of anilines is 1. The monoisotopic (exact) mass is 527 g/mol. The lowest BCUT2D eigenvalue weighted by Crippen LogP contribution is -2.53. The van der Waals surface area contributed by atoms with Crippen LogP contribution >= 0.6 is 12.6 Å². The molecule has 2 N–H and O–H groups in total. The third-order valence-corrected chi connectivity index (χ3v) is 6.13. The number of carbonyl (C=O) groups excluding carboxylic acids is 3. The molecule has 2 atom stereocenters. The summed E-state index contributed by atoms with van der Waals surface area (Å²) in [6.07, 6.45) is -0.0885. The van der Waals surface area contributed by atoms with E-state index in [0.717, 1.165) is 27.9 Å². The third kappa shape index (κ3) is 8.52. The zero-order valence-electron chi connectivity index (χ0n) is 23.3. The Balaban J connectivity index is 2.53. The standard InChI is InChI=1S/C29H41N3O4S/c1-9-13-32(27(34)23(17-37)30-28(35)36-29(6,7)8)25(22-15-18(2)14-19(3)16-22)26(33)31-24-20(4)11-10-12-21(24)5/h10-12,14-16,23,25,37H,9,13,17H2,1-8H3,(H,30,35)(H,31,33). The van der Waals surface area contributed by atoms with Gasteiger partial charge < -0.3 is 20.3 Å². The van der Waals surface area contributed by atoms with Crippen molar-refractivity contribution in [2.24, 2.45) is 0 Å². The first-order chi connectivity index (χ1) is 17.3. The van der Waals surface area contributed by atoms with Crippen LogP contribution in [0.2, 0.25) is 0 Å². The van der Waals surface area contributed by atoms with Gasteiger partial charge in [-0.1, -0.05) is 54.4 Å². The van der Waals surface area contributed by atoms with E-state index in [1.165, 1.54) is 4.90 Å². The van der Waals surface area contributed by atoms with Crippen molar-refractivity contribution in [3.8, 4) is 0 Å². The molecule has 0 aliphatic rings. The Hall–Kier alpha value is -3.00. The van der Waals surface area contributed by atoms with Gasteiger partial charge in [-0.3, -0.25) is 9.59 Å². The molecule has 0 fully saturated rings. The fourth-order valence-electron chi connectivity index (χ4n) is 4.29. The smallest absolute Gasteiger partial charge is 0.408 e. The number of ether oxygens (including phenoxy) is 1. The molecule has 0 saturated carbocycles. The minimum atomic E-state index is -0.967. The van der Waals surface area contributed by atoms with Crippen molar-refractivity contribution < 1.29 is 19.1 Å². The molecule has 2 rings (SSSR count). The summed E-state index contributed by atoms with van der Waals surface area (Å²) in [5, 5.41) is 5.71. The van der Waals surface area contributed by atoms with Crippen LogP contribution in [0, 0.1) is 27.7 Å². The minimum Gasteiger partial charge on any atom is -0.444 e. The van der Waals surface area contributed by atoms with Gasteiger partial charge in [-0.2, -0.15) is 12.6 Å². The number of alkyl carbamates (subject to hydrolysis) is 1. The van der Waals surface area contributed by atoms with Crippen LogP contribution in [0.1, 0.15) is 68.0 Å². The van der Waals surface area contributed by atoms with Crippen LogP contribution in [0.25, 0.3) is 0 Å². The highest BCUT2D eigenvalue weighted by Gasteiger charge is 2.36. The second-order valence-corrected chi connectivity index (χ2v) is 10.9. The Bertz CT molecular complexity index is 1090. The van der Waals surface area contributed by atoms with Crippen LogP contribution in [-0.4, -0.2) is 46.7 Å². The third-order valence-electron chi connectivity index (χ3n) is 5.77. The molecule has 0 heterocycles. The number of nitrogens with one attached hydrogen (secondary N) is 2. The molecule has 2 aromatic carbocycles. The molecule has 0 bridgehead atoms. The van der Waals surface area contributed by atoms with Crippen molar-refractivity contribution >= 4 is 36.2 Å². The highest BCUT2D eigenvalue weighted by molar-refractivity contribution is 7.80. The highest BCUT2D eigenvalue weighted by Crippen LogP contribution is 2.28. The number of thiol groups is 1. The zero-order chi connectivity index (χ0) is 27.9. The molecule has 0 aliphatic carbocycles.